The van der Waals surface area contributed by atoms with Crippen LogP contribution >= 0.6 is 0 Å². The number of rotatable bonds is 21. The van der Waals surface area contributed by atoms with Crippen LogP contribution in [0.5, 0.6) is 11.5 Å². The molecule has 0 amide bonds. The Bertz CT molecular complexity index is 3890. The summed E-state index contributed by atoms with van der Waals surface area (Å²) in [4.78, 5) is 0. The van der Waals surface area contributed by atoms with E-state index < -0.39 is 28.1 Å². The van der Waals surface area contributed by atoms with E-state index in [2.05, 4.69) is 258 Å². The van der Waals surface area contributed by atoms with E-state index in [0.717, 1.165) is 36.3 Å². The summed E-state index contributed by atoms with van der Waals surface area (Å²) in [5.74, 6) is 1.80. The summed E-state index contributed by atoms with van der Waals surface area (Å²) in [6.07, 6.45) is 1.02. The highest BCUT2D eigenvalue weighted by molar-refractivity contribution is 5.92. The molecule has 10 aromatic carbocycles. The number of fused-ring (bicyclic) bond motifs is 6. The Hall–Kier alpha value is -7.88. The summed E-state index contributed by atoms with van der Waals surface area (Å²) in [7, 11) is 0. The monoisotopic (exact) mass is 1110 g/mol. The van der Waals surface area contributed by atoms with E-state index in [1.165, 1.54) is 77.2 Å². The highest BCUT2D eigenvalue weighted by Crippen LogP contribution is 2.60. The molecule has 3 aliphatic rings. The van der Waals surface area contributed by atoms with Crippen LogP contribution in [0, 0.1) is 0 Å². The average molecular weight is 1110 g/mol. The van der Waals surface area contributed by atoms with Crippen LogP contribution < -0.4 is 9.47 Å². The molecular weight excluding hydrogens is 1040 g/mol. The molecule has 1 heterocycles. The van der Waals surface area contributed by atoms with E-state index in [9.17, 15) is 5.11 Å². The molecule has 6 unspecified atom stereocenters. The van der Waals surface area contributed by atoms with Crippen molar-refractivity contribution < 1.29 is 33.5 Å². The summed E-state index contributed by atoms with van der Waals surface area (Å²) in [5.41, 5.74) is 12.7. The number of benzene rings is 10. The quantitative estimate of drug-likeness (QED) is 0.0436. The van der Waals surface area contributed by atoms with Gasteiger partial charge in [0.1, 0.15) is 30.3 Å². The smallest absolute Gasteiger partial charge is 0.189 e. The third-order valence-electron chi connectivity index (χ3n) is 18.4. The van der Waals surface area contributed by atoms with Crippen LogP contribution in [0.15, 0.2) is 231 Å². The van der Waals surface area contributed by atoms with Gasteiger partial charge in [0.15, 0.2) is 6.79 Å². The van der Waals surface area contributed by atoms with Crippen molar-refractivity contribution >= 4 is 21.5 Å². The molecular formula is C77H74O7. The zero-order chi connectivity index (χ0) is 57.5. The summed E-state index contributed by atoms with van der Waals surface area (Å²) < 4.78 is 36.5. The second-order valence-electron chi connectivity index (χ2n) is 24.2. The molecule has 7 heteroatoms. The molecule has 1 saturated heterocycles. The number of aliphatic hydroxyl groups is 1. The molecule has 6 atom stereocenters. The van der Waals surface area contributed by atoms with Gasteiger partial charge in [-0.05, 0) is 160 Å². The Morgan fingerprint density at radius 2 is 0.893 bits per heavy atom. The second-order valence-corrected chi connectivity index (χ2v) is 24.2. The Kier molecular flexibility index (Phi) is 15.1. The van der Waals surface area contributed by atoms with Gasteiger partial charge in [0.05, 0.1) is 31.0 Å². The number of hydrogen-bond acceptors (Lipinski definition) is 7. The van der Waals surface area contributed by atoms with Gasteiger partial charge >= 0.3 is 0 Å². The van der Waals surface area contributed by atoms with Crippen LogP contribution in [0.25, 0.3) is 21.5 Å². The van der Waals surface area contributed by atoms with Crippen molar-refractivity contribution in [2.24, 2.45) is 0 Å². The molecule has 1 N–H and O–H groups in total. The molecule has 7 nitrogen and oxygen atoms in total. The van der Waals surface area contributed by atoms with Crippen molar-refractivity contribution in [3.05, 3.63) is 297 Å². The Balaban J connectivity index is 0.758. The lowest BCUT2D eigenvalue weighted by atomic mass is 9.68. The number of hydrogen-bond donors (Lipinski definition) is 1. The van der Waals surface area contributed by atoms with Crippen molar-refractivity contribution in [1.29, 1.82) is 0 Å². The van der Waals surface area contributed by atoms with Gasteiger partial charge in [-0.3, -0.25) is 0 Å². The fourth-order valence-corrected chi connectivity index (χ4v) is 13.8. The minimum Gasteiger partial charge on any atom is -0.491 e. The Morgan fingerprint density at radius 3 is 1.35 bits per heavy atom. The topological polar surface area (TPSA) is 78.9 Å². The van der Waals surface area contributed by atoms with Gasteiger partial charge in [-0.1, -0.05) is 206 Å². The second kappa shape index (κ2) is 22.9. The van der Waals surface area contributed by atoms with Gasteiger partial charge in [0, 0.05) is 29.3 Å². The largest absolute Gasteiger partial charge is 0.491 e. The zero-order valence-corrected chi connectivity index (χ0v) is 48.8. The molecule has 1 aliphatic heterocycles. The maximum atomic E-state index is 11.6. The van der Waals surface area contributed by atoms with Crippen LogP contribution in [-0.2, 0) is 41.0 Å². The highest BCUT2D eigenvalue weighted by Gasteiger charge is 2.50. The maximum Gasteiger partial charge on any atom is 0.189 e. The van der Waals surface area contributed by atoms with Gasteiger partial charge in [0.25, 0.3) is 0 Å². The number of aliphatic hydroxyl groups excluding tert-OH is 1. The normalized spacial score (nSPS) is 20.4. The van der Waals surface area contributed by atoms with E-state index in [1.807, 2.05) is 6.92 Å². The van der Waals surface area contributed by atoms with Gasteiger partial charge in [-0.25, -0.2) is 0 Å². The van der Waals surface area contributed by atoms with E-state index in [1.54, 1.807) is 0 Å². The summed E-state index contributed by atoms with van der Waals surface area (Å²) in [5, 5.41) is 16.5. The molecule has 84 heavy (non-hydrogen) atoms. The van der Waals surface area contributed by atoms with Crippen molar-refractivity contribution in [3.8, 4) is 11.5 Å². The first-order valence-corrected chi connectivity index (χ1v) is 29.9. The fourth-order valence-electron chi connectivity index (χ4n) is 13.8. The van der Waals surface area contributed by atoms with E-state index in [0.29, 0.717) is 19.0 Å². The minimum absolute atomic E-state index is 0.0726. The Morgan fingerprint density at radius 1 is 0.476 bits per heavy atom. The predicted octanol–water partition coefficient (Wildman–Crippen LogP) is 16.4. The van der Waals surface area contributed by atoms with E-state index >= 15 is 0 Å². The fraction of sp³-hybridized carbons (Fsp3) is 0.273. The Labute approximate surface area is 494 Å². The van der Waals surface area contributed by atoms with E-state index in [4.69, 9.17) is 28.4 Å². The molecule has 13 rings (SSSR count). The molecule has 2 aliphatic carbocycles. The third-order valence-corrected chi connectivity index (χ3v) is 18.4. The van der Waals surface area contributed by atoms with Gasteiger partial charge in [-0.15, -0.1) is 0 Å². The summed E-state index contributed by atoms with van der Waals surface area (Å²) in [6.45, 7) is 12.7. The summed E-state index contributed by atoms with van der Waals surface area (Å²) in [6, 6.07) is 84.1. The lowest BCUT2D eigenvalue weighted by Gasteiger charge is -2.35. The van der Waals surface area contributed by atoms with Crippen molar-refractivity contribution in [1.82, 2.24) is 0 Å². The molecule has 10 aromatic rings. The number of epoxide rings is 1. The molecule has 0 bridgehead atoms. The van der Waals surface area contributed by atoms with E-state index in [-0.39, 0.29) is 37.9 Å². The standard InChI is InChI=1S/C77H74O7/c1-6-79-51-82-64-41-37-61(38-42-64)77(46-71(53-19-11-8-12-20-53)69-44-26-55-22-14-16-24-67(55)73(69)77)58-31-27-56(28-32-58)74(2,3)83-48-62(78)47-80-63-39-35-60(36-40-63)76(59-33-29-57(30-34-59)75(4,5)84-50-65-49-81-65)45-70(52-17-9-7-10-18-52)68-43-25-54-21-13-15-23-66(54)72(68)76/h7-44,62,65,70-71,78H,6,45-51H2,1-5H3. The van der Waals surface area contributed by atoms with Crippen molar-refractivity contribution in [2.45, 2.75) is 93.5 Å². The first-order valence-electron chi connectivity index (χ1n) is 29.9. The molecule has 1 fully saturated rings. The average Bonchev–Trinajstić information content (AvgIpc) is 1.72. The maximum absolute atomic E-state index is 11.6. The zero-order valence-electron chi connectivity index (χ0n) is 48.8. The molecule has 0 aromatic heterocycles. The first-order chi connectivity index (χ1) is 40.9. The van der Waals surface area contributed by atoms with Crippen LogP contribution in [0.4, 0.5) is 0 Å². The molecule has 0 radical (unpaired) electrons. The van der Waals surface area contributed by atoms with Crippen LogP contribution in [-0.4, -0.2) is 57.1 Å². The van der Waals surface area contributed by atoms with Gasteiger partial charge in [-0.2, -0.15) is 0 Å². The van der Waals surface area contributed by atoms with Crippen LogP contribution in [0.1, 0.15) is 126 Å². The molecule has 424 valence electrons. The third kappa shape index (κ3) is 10.4. The van der Waals surface area contributed by atoms with Crippen molar-refractivity contribution in [3.63, 3.8) is 0 Å². The predicted molar refractivity (Wildman–Crippen MR) is 336 cm³/mol. The SMILES string of the molecule is CCOCOc1ccc(C2(c3ccc(C(C)(C)OCC(O)COc4ccc(C5(c6ccc(C(C)(C)OCC7CO7)cc6)CC(c6ccccc6)c6ccc7ccccc7c65)cc4)cc3)CC(c3ccccc3)c3ccc4ccccc4c32)cc1. The van der Waals surface area contributed by atoms with Gasteiger partial charge < -0.3 is 33.5 Å². The van der Waals surface area contributed by atoms with Crippen molar-refractivity contribution in [2.75, 3.05) is 39.8 Å². The lowest BCUT2D eigenvalue weighted by Crippen LogP contribution is -2.31. The number of ether oxygens (including phenoxy) is 6. The van der Waals surface area contributed by atoms with Gasteiger partial charge in [0.2, 0.25) is 0 Å². The minimum atomic E-state index is -0.875. The van der Waals surface area contributed by atoms with Crippen LogP contribution in [0.2, 0.25) is 0 Å². The first kappa shape index (κ1) is 55.3. The molecule has 0 saturated carbocycles. The highest BCUT2D eigenvalue weighted by atomic mass is 16.7. The lowest BCUT2D eigenvalue weighted by molar-refractivity contribution is -0.0717. The van der Waals surface area contributed by atoms with Crippen LogP contribution in [0.3, 0.4) is 0 Å². The summed E-state index contributed by atoms with van der Waals surface area (Å²) >= 11 is 0. The molecule has 0 spiro atoms.